The van der Waals surface area contributed by atoms with Crippen molar-refractivity contribution in [1.29, 1.82) is 0 Å². The summed E-state index contributed by atoms with van der Waals surface area (Å²) in [5.41, 5.74) is 0. The predicted molar refractivity (Wildman–Crippen MR) is 87.9 cm³/mol. The van der Waals surface area contributed by atoms with Crippen LogP contribution in [0.5, 0.6) is 0 Å². The molecule has 2 fully saturated rings. The van der Waals surface area contributed by atoms with E-state index in [1.807, 2.05) is 0 Å². The van der Waals surface area contributed by atoms with Gasteiger partial charge in [-0.2, -0.15) is 25.7 Å². The van der Waals surface area contributed by atoms with Gasteiger partial charge in [0.15, 0.2) is 0 Å². The summed E-state index contributed by atoms with van der Waals surface area (Å²) in [5, 5.41) is 0. The Labute approximate surface area is 141 Å². The molecule has 2 heteroatoms. The molecule has 0 aromatic heterocycles. The maximum atomic E-state index is 4.06. The van der Waals surface area contributed by atoms with Crippen LogP contribution in [0.1, 0.15) is 85.0 Å². The largest absolute Gasteiger partial charge is 0.358 e. The summed E-state index contributed by atoms with van der Waals surface area (Å²) < 4.78 is 4.06. The zero-order chi connectivity index (χ0) is 14.3. The first-order chi connectivity index (χ1) is 9.20. The van der Waals surface area contributed by atoms with Crippen LogP contribution >= 0.6 is 0 Å². The molecule has 20 heavy (non-hydrogen) atoms. The maximum absolute atomic E-state index is 4.06. The minimum absolute atomic E-state index is 0. The van der Waals surface area contributed by atoms with Gasteiger partial charge in [-0.3, -0.25) is 0 Å². The molecule has 0 bridgehead atoms. The van der Waals surface area contributed by atoms with Crippen molar-refractivity contribution in [1.82, 2.24) is 0 Å². The molecule has 0 heterocycles. The van der Waals surface area contributed by atoms with Crippen LogP contribution in [0.25, 0.3) is 0 Å². The third kappa shape index (κ3) is 16.6. The Balaban J connectivity index is 0. The number of nitrogens with zero attached hydrogens (tertiary/aromatic N) is 1. The van der Waals surface area contributed by atoms with E-state index in [4.69, 9.17) is 0 Å². The van der Waals surface area contributed by atoms with Crippen LogP contribution in [0, 0.1) is 26.2 Å². The Morgan fingerprint density at radius 1 is 1.05 bits per heavy atom. The van der Waals surface area contributed by atoms with Gasteiger partial charge in [0, 0.05) is 0 Å². The van der Waals surface area contributed by atoms with Crippen LogP contribution in [-0.2, 0) is 20.9 Å². The summed E-state index contributed by atoms with van der Waals surface area (Å²) >= 11 is 1.55. The fourth-order valence-corrected chi connectivity index (χ4v) is 2.47. The molecular weight excluding hydrogens is 323 g/mol. The molecular formula is C18H36NNb-3. The first kappa shape index (κ1) is 22.8. The van der Waals surface area contributed by atoms with Crippen molar-refractivity contribution in [3.8, 4) is 0 Å². The maximum Gasteiger partial charge on any atom is -0.0582 e. The minimum atomic E-state index is 0. The molecule has 0 aromatic carbocycles. The molecule has 0 saturated heterocycles. The molecule has 0 spiro atoms. The van der Waals surface area contributed by atoms with E-state index in [0.29, 0.717) is 6.04 Å². The van der Waals surface area contributed by atoms with E-state index >= 15 is 0 Å². The summed E-state index contributed by atoms with van der Waals surface area (Å²) in [6, 6.07) is 0.582. The van der Waals surface area contributed by atoms with E-state index in [1.165, 1.54) is 64.2 Å². The summed E-state index contributed by atoms with van der Waals surface area (Å²) in [4.78, 5) is 0. The van der Waals surface area contributed by atoms with Crippen molar-refractivity contribution in [2.24, 2.45) is 9.26 Å². The SMILES string of the molecule is CC1CC[CH-]CC1.CCC(C)[N]=[Nb].[CH-]1CCCCC1.[CH3-]. The zero-order valence-electron chi connectivity index (χ0n) is 14.3. The Morgan fingerprint density at radius 3 is 1.70 bits per heavy atom. The van der Waals surface area contributed by atoms with Crippen molar-refractivity contribution in [2.45, 2.75) is 91.0 Å². The van der Waals surface area contributed by atoms with Crippen LogP contribution in [-0.4, -0.2) is 6.04 Å². The Hall–Kier alpha value is 0.540. The Morgan fingerprint density at radius 2 is 1.55 bits per heavy atom. The van der Waals surface area contributed by atoms with Gasteiger partial charge in [-0.15, -0.1) is 0 Å². The van der Waals surface area contributed by atoms with Crippen LogP contribution in [0.2, 0.25) is 0 Å². The van der Waals surface area contributed by atoms with Gasteiger partial charge < -0.3 is 20.3 Å². The molecule has 2 saturated carbocycles. The van der Waals surface area contributed by atoms with Gasteiger partial charge in [0.05, 0.1) is 0 Å². The van der Waals surface area contributed by atoms with Gasteiger partial charge in [-0.1, -0.05) is 39.0 Å². The number of hydrogen-bond acceptors (Lipinski definition) is 1. The first-order valence-electron chi connectivity index (χ1n) is 8.18. The average Bonchev–Trinajstić information content (AvgIpc) is 2.50. The van der Waals surface area contributed by atoms with Crippen molar-refractivity contribution in [3.05, 3.63) is 20.3 Å². The first-order valence-corrected chi connectivity index (χ1v) is 9.16. The van der Waals surface area contributed by atoms with Crippen LogP contribution < -0.4 is 0 Å². The summed E-state index contributed by atoms with van der Waals surface area (Å²) in [6.45, 7) is 6.61. The number of rotatable bonds is 2. The standard InChI is InChI=1S/C7H13.C6H11.C4H9N.CH3.Nb/c1-7-5-3-2-4-6-7;1-2-4-6-5-3-1;1-3-4(2)5;;/h2,7H,3-6H2,1H3;1H,2-6H2;4H,3H2,1-2H3;1H3;/q2*-1;;-1;. The summed E-state index contributed by atoms with van der Waals surface area (Å²) in [6.07, 6.45) is 18.7. The van der Waals surface area contributed by atoms with Crippen molar-refractivity contribution < 1.29 is 20.9 Å². The molecule has 1 nitrogen and oxygen atoms in total. The summed E-state index contributed by atoms with van der Waals surface area (Å²) in [7, 11) is 0. The minimum Gasteiger partial charge on any atom is -0.358 e. The normalized spacial score (nSPS) is 20.1. The van der Waals surface area contributed by atoms with Gasteiger partial charge in [-0.05, 0) is 5.92 Å². The fourth-order valence-electron chi connectivity index (χ4n) is 2.07. The van der Waals surface area contributed by atoms with Crippen LogP contribution in [0.15, 0.2) is 3.34 Å². The van der Waals surface area contributed by atoms with E-state index in [9.17, 15) is 0 Å². The Bertz CT molecular complexity index is 172. The van der Waals surface area contributed by atoms with Gasteiger partial charge in [0.2, 0.25) is 0 Å². The number of hydrogen-bond donors (Lipinski definition) is 0. The van der Waals surface area contributed by atoms with Crippen molar-refractivity contribution in [3.63, 3.8) is 0 Å². The molecule has 0 amide bonds. The van der Waals surface area contributed by atoms with Gasteiger partial charge in [0.25, 0.3) is 0 Å². The molecule has 0 N–H and O–H groups in total. The van der Waals surface area contributed by atoms with Gasteiger partial charge >= 0.3 is 50.5 Å². The topological polar surface area (TPSA) is 12.4 Å². The van der Waals surface area contributed by atoms with E-state index < -0.39 is 0 Å². The van der Waals surface area contributed by atoms with Crippen LogP contribution in [0.3, 0.4) is 0 Å². The molecule has 2 aliphatic rings. The van der Waals surface area contributed by atoms with E-state index in [-0.39, 0.29) is 7.43 Å². The van der Waals surface area contributed by atoms with E-state index in [1.54, 1.807) is 20.9 Å². The quantitative estimate of drug-likeness (QED) is 0.393. The fraction of sp³-hybridized carbons (Fsp3) is 0.833. The van der Waals surface area contributed by atoms with E-state index in [2.05, 4.69) is 37.0 Å². The van der Waals surface area contributed by atoms with Crippen molar-refractivity contribution >= 4 is 0 Å². The monoisotopic (exact) mass is 359 g/mol. The summed E-state index contributed by atoms with van der Waals surface area (Å²) in [5.74, 6) is 1.00. The van der Waals surface area contributed by atoms with Crippen molar-refractivity contribution in [2.75, 3.05) is 0 Å². The molecule has 0 aliphatic heterocycles. The zero-order valence-corrected chi connectivity index (χ0v) is 16.5. The second kappa shape index (κ2) is 17.6. The second-order valence-corrected chi connectivity index (χ2v) is 6.42. The third-order valence-electron chi connectivity index (χ3n) is 3.83. The van der Waals surface area contributed by atoms with E-state index in [0.717, 1.165) is 5.92 Å². The molecule has 2 rings (SSSR count). The van der Waals surface area contributed by atoms with Gasteiger partial charge in [-0.25, -0.2) is 0 Å². The average molecular weight is 359 g/mol. The smallest absolute Gasteiger partial charge is 0.0582 e. The van der Waals surface area contributed by atoms with Crippen LogP contribution in [0.4, 0.5) is 0 Å². The molecule has 2 aliphatic carbocycles. The molecule has 0 aromatic rings. The van der Waals surface area contributed by atoms with Gasteiger partial charge in [0.1, 0.15) is 0 Å². The predicted octanol–water partition coefficient (Wildman–Crippen LogP) is 6.52. The molecule has 1 atom stereocenters. The Kier molecular flexibility index (Phi) is 20.1. The molecule has 121 valence electrons. The third-order valence-corrected chi connectivity index (χ3v) is 4.80. The second-order valence-electron chi connectivity index (χ2n) is 5.85. The molecule has 1 unspecified atom stereocenters. The molecule has 0 radical (unpaired) electrons.